The number of nitrogens with one attached hydrogen (secondary N) is 1. The van der Waals surface area contributed by atoms with Crippen LogP contribution in [0.1, 0.15) is 12.0 Å². The summed E-state index contributed by atoms with van der Waals surface area (Å²) in [6, 6.07) is 2.23. The Morgan fingerprint density at radius 1 is 1.28 bits per heavy atom. The molecule has 0 saturated carbocycles. The Labute approximate surface area is 143 Å². The molecule has 25 heavy (non-hydrogen) atoms. The number of fused-ring (bicyclic) bond motifs is 1. The lowest BCUT2D eigenvalue weighted by molar-refractivity contribution is -0.143. The Kier molecular flexibility index (Phi) is 4.21. The topological polar surface area (TPSA) is 147 Å². The Hall–Kier alpha value is -2.53. The van der Waals surface area contributed by atoms with Crippen molar-refractivity contribution in [2.75, 3.05) is 13.1 Å². The monoisotopic (exact) mass is 371 g/mol. The zero-order valence-electron chi connectivity index (χ0n) is 13.0. The van der Waals surface area contributed by atoms with Crippen molar-refractivity contribution >= 4 is 22.2 Å². The van der Waals surface area contributed by atoms with E-state index in [1.807, 2.05) is 0 Å². The lowest BCUT2D eigenvalue weighted by Crippen LogP contribution is -2.68. The molecule has 0 spiro atoms. The SMILES string of the molecule is O=C(NCCc1ccc(O)c(O)c1)N1CCC2C1C(=O)N2S(=O)(=O)O. The number of carbonyl (C=O) groups excluding carboxylic acids is 2. The zero-order valence-corrected chi connectivity index (χ0v) is 13.8. The Balaban J connectivity index is 1.55. The van der Waals surface area contributed by atoms with Crippen LogP contribution in [0.5, 0.6) is 11.5 Å². The highest BCUT2D eigenvalue weighted by Gasteiger charge is 2.59. The maximum Gasteiger partial charge on any atom is 0.362 e. The molecule has 0 aliphatic carbocycles. The summed E-state index contributed by atoms with van der Waals surface area (Å²) in [5.74, 6) is -1.30. The van der Waals surface area contributed by atoms with E-state index in [1.54, 1.807) is 6.07 Å². The fourth-order valence-electron chi connectivity index (χ4n) is 3.18. The van der Waals surface area contributed by atoms with Gasteiger partial charge in [-0.3, -0.25) is 9.35 Å². The predicted molar refractivity (Wildman–Crippen MR) is 84.2 cm³/mol. The molecule has 4 N–H and O–H groups in total. The zero-order chi connectivity index (χ0) is 18.4. The van der Waals surface area contributed by atoms with Gasteiger partial charge in [0.2, 0.25) is 0 Å². The van der Waals surface area contributed by atoms with Gasteiger partial charge in [-0.25, -0.2) is 9.10 Å². The highest BCUT2D eigenvalue weighted by Crippen LogP contribution is 2.35. The van der Waals surface area contributed by atoms with E-state index in [1.165, 1.54) is 17.0 Å². The third-order valence-corrected chi connectivity index (χ3v) is 5.32. The van der Waals surface area contributed by atoms with E-state index < -0.39 is 34.3 Å². The molecular weight excluding hydrogens is 354 g/mol. The van der Waals surface area contributed by atoms with Crippen LogP contribution >= 0.6 is 0 Å². The van der Waals surface area contributed by atoms with Crippen molar-refractivity contribution in [1.29, 1.82) is 0 Å². The Morgan fingerprint density at radius 2 is 2.00 bits per heavy atom. The van der Waals surface area contributed by atoms with E-state index in [4.69, 9.17) is 4.55 Å². The number of hydrogen-bond donors (Lipinski definition) is 4. The normalized spacial score (nSPS) is 22.5. The highest BCUT2D eigenvalue weighted by molar-refractivity contribution is 7.84. The number of likely N-dealkylation sites (tertiary alicyclic amines) is 1. The van der Waals surface area contributed by atoms with E-state index in [2.05, 4.69) is 5.32 Å². The van der Waals surface area contributed by atoms with Crippen molar-refractivity contribution in [2.45, 2.75) is 24.9 Å². The lowest BCUT2D eigenvalue weighted by Gasteiger charge is -2.42. The van der Waals surface area contributed by atoms with Gasteiger partial charge >= 0.3 is 16.3 Å². The van der Waals surface area contributed by atoms with Crippen LogP contribution in [-0.2, 0) is 21.5 Å². The Morgan fingerprint density at radius 3 is 2.64 bits per heavy atom. The van der Waals surface area contributed by atoms with E-state index >= 15 is 0 Å². The second kappa shape index (κ2) is 6.08. The van der Waals surface area contributed by atoms with Crippen molar-refractivity contribution in [3.63, 3.8) is 0 Å². The van der Waals surface area contributed by atoms with Crippen LogP contribution in [0.3, 0.4) is 0 Å². The van der Waals surface area contributed by atoms with Crippen LogP contribution in [-0.4, -0.2) is 69.5 Å². The molecule has 2 heterocycles. The van der Waals surface area contributed by atoms with Crippen LogP contribution in [0.25, 0.3) is 0 Å². The van der Waals surface area contributed by atoms with Gasteiger partial charge in [0.25, 0.3) is 5.91 Å². The summed E-state index contributed by atoms with van der Waals surface area (Å²) in [4.78, 5) is 25.3. The molecular formula is C14H17N3O7S. The maximum atomic E-state index is 12.2. The first kappa shape index (κ1) is 17.3. The van der Waals surface area contributed by atoms with Gasteiger partial charge < -0.3 is 20.4 Å². The number of hydrogen-bond acceptors (Lipinski definition) is 6. The Bertz CT molecular complexity index is 826. The molecule has 3 rings (SSSR count). The average molecular weight is 371 g/mol. The summed E-state index contributed by atoms with van der Waals surface area (Å²) in [6.07, 6.45) is 0.669. The molecule has 1 aromatic carbocycles. The lowest BCUT2D eigenvalue weighted by atomic mass is 10.0. The molecule has 2 atom stereocenters. The van der Waals surface area contributed by atoms with Crippen molar-refractivity contribution in [2.24, 2.45) is 0 Å². The van der Waals surface area contributed by atoms with Crippen molar-refractivity contribution in [3.8, 4) is 11.5 Å². The molecule has 2 fully saturated rings. The summed E-state index contributed by atoms with van der Waals surface area (Å²) in [6.45, 7) is 0.437. The molecule has 2 saturated heterocycles. The van der Waals surface area contributed by atoms with E-state index in [9.17, 15) is 28.2 Å². The first-order chi connectivity index (χ1) is 11.7. The number of rotatable bonds is 4. The number of nitrogens with zero attached hydrogens (tertiary/aromatic N) is 2. The van der Waals surface area contributed by atoms with Gasteiger partial charge in [0.1, 0.15) is 6.04 Å². The van der Waals surface area contributed by atoms with E-state index in [-0.39, 0.29) is 31.0 Å². The number of amides is 3. The van der Waals surface area contributed by atoms with Gasteiger partial charge in [-0.2, -0.15) is 8.42 Å². The van der Waals surface area contributed by atoms with Crippen LogP contribution in [0.15, 0.2) is 18.2 Å². The largest absolute Gasteiger partial charge is 0.504 e. The molecule has 3 amide bonds. The summed E-state index contributed by atoms with van der Waals surface area (Å²) in [5.41, 5.74) is 0.701. The minimum absolute atomic E-state index is 0.207. The fraction of sp³-hybridized carbons (Fsp3) is 0.429. The molecule has 2 unspecified atom stereocenters. The van der Waals surface area contributed by atoms with Crippen molar-refractivity contribution < 1.29 is 32.8 Å². The van der Waals surface area contributed by atoms with Crippen LogP contribution in [0, 0.1) is 0 Å². The highest BCUT2D eigenvalue weighted by atomic mass is 32.2. The molecule has 2 aliphatic heterocycles. The minimum atomic E-state index is -4.60. The van der Waals surface area contributed by atoms with Crippen LogP contribution in [0.2, 0.25) is 0 Å². The number of urea groups is 1. The number of phenols is 2. The van der Waals surface area contributed by atoms with Gasteiger partial charge in [0, 0.05) is 13.1 Å². The van der Waals surface area contributed by atoms with Crippen molar-refractivity contribution in [3.05, 3.63) is 23.8 Å². The summed E-state index contributed by atoms with van der Waals surface area (Å²) < 4.78 is 31.7. The quantitative estimate of drug-likeness (QED) is 0.315. The number of benzene rings is 1. The van der Waals surface area contributed by atoms with Gasteiger partial charge in [-0.15, -0.1) is 0 Å². The molecule has 0 radical (unpaired) electrons. The van der Waals surface area contributed by atoms with Crippen LogP contribution < -0.4 is 5.32 Å². The molecule has 10 nitrogen and oxygen atoms in total. The summed E-state index contributed by atoms with van der Waals surface area (Å²) in [5, 5.41) is 21.3. The average Bonchev–Trinajstić information content (AvgIpc) is 2.88. The van der Waals surface area contributed by atoms with E-state index in [0.29, 0.717) is 16.3 Å². The predicted octanol–water partition coefficient (Wildman–Crippen LogP) is -0.562. The molecule has 11 heteroatoms. The van der Waals surface area contributed by atoms with Gasteiger partial charge in [0.05, 0.1) is 6.04 Å². The maximum absolute atomic E-state index is 12.2. The number of carbonyl (C=O) groups is 2. The second-order valence-corrected chi connectivity index (χ2v) is 7.20. The third kappa shape index (κ3) is 3.07. The first-order valence-corrected chi connectivity index (χ1v) is 8.96. The second-order valence-electron chi connectivity index (χ2n) is 5.91. The standard InChI is InChI=1S/C14H17N3O7S/c18-10-2-1-8(7-11(10)19)3-5-15-14(21)16-6-4-9-12(16)13(20)17(9)25(22,23)24/h1-2,7,9,12,18-19H,3-6H2,(H,15,21)(H,22,23,24). The molecule has 2 aliphatic rings. The fourth-order valence-corrected chi connectivity index (χ4v) is 4.08. The molecule has 0 aromatic heterocycles. The van der Waals surface area contributed by atoms with E-state index in [0.717, 1.165) is 0 Å². The molecule has 0 bridgehead atoms. The minimum Gasteiger partial charge on any atom is -0.504 e. The van der Waals surface area contributed by atoms with Gasteiger partial charge in [0.15, 0.2) is 11.5 Å². The number of aromatic hydroxyl groups is 2. The summed E-state index contributed by atoms with van der Waals surface area (Å²) in [7, 11) is -4.60. The smallest absolute Gasteiger partial charge is 0.362 e. The van der Waals surface area contributed by atoms with Gasteiger partial charge in [-0.1, -0.05) is 6.07 Å². The third-order valence-electron chi connectivity index (χ3n) is 4.38. The number of phenolic OH excluding ortho intramolecular Hbond substituents is 2. The summed E-state index contributed by atoms with van der Waals surface area (Å²) >= 11 is 0. The first-order valence-electron chi connectivity index (χ1n) is 7.56. The molecule has 1 aromatic rings. The molecule has 136 valence electrons. The van der Waals surface area contributed by atoms with Gasteiger partial charge in [-0.05, 0) is 30.5 Å². The van der Waals surface area contributed by atoms with Crippen molar-refractivity contribution in [1.82, 2.24) is 14.5 Å². The van der Waals surface area contributed by atoms with Crippen LogP contribution in [0.4, 0.5) is 4.79 Å². The number of β-lactam (4-membered cyclic amide) rings is 1.